The Morgan fingerprint density at radius 3 is 3.00 bits per heavy atom. The Kier molecular flexibility index (Phi) is 5.75. The van der Waals surface area contributed by atoms with E-state index < -0.39 is 0 Å². The number of fused-ring (bicyclic) bond motifs is 1. The van der Waals surface area contributed by atoms with Gasteiger partial charge in [0.1, 0.15) is 17.7 Å². The summed E-state index contributed by atoms with van der Waals surface area (Å²) in [7, 11) is 1.62. The van der Waals surface area contributed by atoms with Crippen molar-refractivity contribution >= 4 is 17.1 Å². The van der Waals surface area contributed by atoms with Crippen molar-refractivity contribution in [2.24, 2.45) is 0 Å². The van der Waals surface area contributed by atoms with E-state index in [0.29, 0.717) is 60.4 Å². The van der Waals surface area contributed by atoms with E-state index in [9.17, 15) is 10.1 Å². The molecule has 0 bridgehead atoms. The van der Waals surface area contributed by atoms with E-state index in [2.05, 4.69) is 16.4 Å². The van der Waals surface area contributed by atoms with Crippen LogP contribution < -0.4 is 14.8 Å². The molecule has 2 amide bonds. The zero-order valence-electron chi connectivity index (χ0n) is 18.2. The number of nitrogens with one attached hydrogen (secondary N) is 1. The summed E-state index contributed by atoms with van der Waals surface area (Å²) in [5.74, 6) is 1.79. The minimum Gasteiger partial charge on any atom is -0.493 e. The average molecular weight is 448 g/mol. The van der Waals surface area contributed by atoms with Crippen molar-refractivity contribution in [1.82, 2.24) is 15.2 Å². The van der Waals surface area contributed by atoms with Crippen LogP contribution in [0.15, 0.2) is 40.8 Å². The molecule has 2 unspecified atom stereocenters. The van der Waals surface area contributed by atoms with E-state index in [-0.39, 0.29) is 24.6 Å². The summed E-state index contributed by atoms with van der Waals surface area (Å²) < 4.78 is 22.8. The van der Waals surface area contributed by atoms with Crippen molar-refractivity contribution < 1.29 is 23.4 Å². The van der Waals surface area contributed by atoms with Crippen molar-refractivity contribution in [3.8, 4) is 17.6 Å². The van der Waals surface area contributed by atoms with Crippen LogP contribution in [0, 0.1) is 11.3 Å². The van der Waals surface area contributed by atoms with E-state index in [1.807, 2.05) is 18.2 Å². The smallest absolute Gasteiger partial charge is 0.317 e. The largest absolute Gasteiger partial charge is 0.493 e. The molecule has 3 aromatic rings. The molecule has 2 aromatic carbocycles. The molecule has 2 aliphatic heterocycles. The number of para-hydroxylation sites is 1. The first-order valence-corrected chi connectivity index (χ1v) is 10.9. The van der Waals surface area contributed by atoms with Gasteiger partial charge in [0.2, 0.25) is 5.89 Å². The molecular formula is C24H24N4O5. The number of benzene rings is 2. The SMILES string of the molecule is COc1ccc(C2CNC(=O)N(Cc3nc4c(C#N)cccc4o3)C2)cc1OC1CCOC1. The zero-order chi connectivity index (χ0) is 22.8. The Hall–Kier alpha value is -3.77. The van der Waals surface area contributed by atoms with Gasteiger partial charge in [-0.25, -0.2) is 9.78 Å². The lowest BCUT2D eigenvalue weighted by Crippen LogP contribution is -2.49. The fourth-order valence-electron chi connectivity index (χ4n) is 4.24. The third-order valence-corrected chi connectivity index (χ3v) is 5.98. The average Bonchev–Trinajstić information content (AvgIpc) is 3.49. The number of amides is 2. The van der Waals surface area contributed by atoms with Crippen LogP contribution in [0.25, 0.3) is 11.1 Å². The first kappa shape index (κ1) is 21.1. The topological polar surface area (TPSA) is 110 Å². The number of ether oxygens (including phenoxy) is 3. The summed E-state index contributed by atoms with van der Waals surface area (Å²) in [5, 5.41) is 12.2. The lowest BCUT2D eigenvalue weighted by atomic mass is 9.96. The van der Waals surface area contributed by atoms with Gasteiger partial charge in [-0.3, -0.25) is 0 Å². The quantitative estimate of drug-likeness (QED) is 0.617. The third kappa shape index (κ3) is 4.30. The molecule has 9 nitrogen and oxygen atoms in total. The second-order valence-corrected chi connectivity index (χ2v) is 8.15. The van der Waals surface area contributed by atoms with Gasteiger partial charge in [0.15, 0.2) is 17.1 Å². The van der Waals surface area contributed by atoms with Crippen LogP contribution in [0.1, 0.15) is 29.4 Å². The van der Waals surface area contributed by atoms with Gasteiger partial charge >= 0.3 is 6.03 Å². The van der Waals surface area contributed by atoms with E-state index in [4.69, 9.17) is 18.6 Å². The van der Waals surface area contributed by atoms with Gasteiger partial charge < -0.3 is 28.8 Å². The summed E-state index contributed by atoms with van der Waals surface area (Å²) in [5.41, 5.74) is 2.53. The molecular weight excluding hydrogens is 424 g/mol. The molecule has 2 fully saturated rings. The summed E-state index contributed by atoms with van der Waals surface area (Å²) >= 11 is 0. The normalized spacial score (nSPS) is 20.5. The van der Waals surface area contributed by atoms with Crippen molar-refractivity contribution in [1.29, 1.82) is 5.26 Å². The first-order chi connectivity index (χ1) is 16.1. The molecule has 0 aliphatic carbocycles. The monoisotopic (exact) mass is 448 g/mol. The number of methoxy groups -OCH3 is 1. The van der Waals surface area contributed by atoms with E-state index >= 15 is 0 Å². The summed E-state index contributed by atoms with van der Waals surface area (Å²) in [4.78, 5) is 18.7. The van der Waals surface area contributed by atoms with Crippen LogP contribution in [0.3, 0.4) is 0 Å². The number of nitriles is 1. The lowest BCUT2D eigenvalue weighted by Gasteiger charge is -2.33. The molecule has 2 saturated heterocycles. The number of hydrogen-bond donors (Lipinski definition) is 1. The number of urea groups is 1. The zero-order valence-corrected chi connectivity index (χ0v) is 18.2. The molecule has 170 valence electrons. The highest BCUT2D eigenvalue weighted by Crippen LogP contribution is 2.34. The number of carbonyl (C=O) groups excluding carboxylic acids is 1. The molecule has 9 heteroatoms. The maximum Gasteiger partial charge on any atom is 0.317 e. The molecule has 33 heavy (non-hydrogen) atoms. The highest BCUT2D eigenvalue weighted by Gasteiger charge is 2.29. The van der Waals surface area contributed by atoms with E-state index in [0.717, 1.165) is 12.0 Å². The maximum absolute atomic E-state index is 12.5. The maximum atomic E-state index is 12.5. The molecule has 0 radical (unpaired) electrons. The van der Waals surface area contributed by atoms with Gasteiger partial charge in [0.05, 0.1) is 32.4 Å². The third-order valence-electron chi connectivity index (χ3n) is 5.98. The fraction of sp³-hybridized carbons (Fsp3) is 0.375. The molecule has 1 aromatic heterocycles. The van der Waals surface area contributed by atoms with Crippen LogP contribution >= 0.6 is 0 Å². The number of carbonyl (C=O) groups is 1. The van der Waals surface area contributed by atoms with Crippen molar-refractivity contribution in [3.05, 3.63) is 53.4 Å². The number of nitrogens with zero attached hydrogens (tertiary/aromatic N) is 3. The highest BCUT2D eigenvalue weighted by atomic mass is 16.6. The summed E-state index contributed by atoms with van der Waals surface area (Å²) in [6, 6.07) is 13.0. The van der Waals surface area contributed by atoms with Crippen LogP contribution in [0.5, 0.6) is 11.5 Å². The van der Waals surface area contributed by atoms with Gasteiger partial charge in [-0.2, -0.15) is 5.26 Å². The number of aromatic nitrogens is 1. The van der Waals surface area contributed by atoms with E-state index in [1.165, 1.54) is 0 Å². The number of oxazole rings is 1. The van der Waals surface area contributed by atoms with Gasteiger partial charge in [-0.1, -0.05) is 12.1 Å². The molecule has 2 aliphatic rings. The minimum absolute atomic E-state index is 0.00849. The van der Waals surface area contributed by atoms with Crippen LogP contribution in [-0.2, 0) is 11.3 Å². The van der Waals surface area contributed by atoms with E-state index in [1.54, 1.807) is 30.2 Å². The first-order valence-electron chi connectivity index (χ1n) is 10.9. The summed E-state index contributed by atoms with van der Waals surface area (Å²) in [6.07, 6.45) is 0.854. The molecule has 3 heterocycles. The van der Waals surface area contributed by atoms with Crippen LogP contribution in [0.4, 0.5) is 4.79 Å². The molecule has 0 saturated carbocycles. The molecule has 0 spiro atoms. The number of hydrogen-bond acceptors (Lipinski definition) is 7. The lowest BCUT2D eigenvalue weighted by molar-refractivity contribution is 0.138. The fourth-order valence-corrected chi connectivity index (χ4v) is 4.24. The van der Waals surface area contributed by atoms with Gasteiger partial charge in [0.25, 0.3) is 0 Å². The Morgan fingerprint density at radius 2 is 2.21 bits per heavy atom. The summed E-state index contributed by atoms with van der Waals surface area (Å²) in [6.45, 7) is 2.48. The Labute approximate surface area is 190 Å². The highest BCUT2D eigenvalue weighted by molar-refractivity contribution is 5.79. The minimum atomic E-state index is -0.179. The molecule has 5 rings (SSSR count). The van der Waals surface area contributed by atoms with Gasteiger partial charge in [-0.15, -0.1) is 0 Å². The van der Waals surface area contributed by atoms with Crippen LogP contribution in [0.2, 0.25) is 0 Å². The van der Waals surface area contributed by atoms with Crippen molar-refractivity contribution in [2.75, 3.05) is 33.4 Å². The predicted molar refractivity (Wildman–Crippen MR) is 118 cm³/mol. The predicted octanol–water partition coefficient (Wildman–Crippen LogP) is 3.18. The Morgan fingerprint density at radius 1 is 1.30 bits per heavy atom. The van der Waals surface area contributed by atoms with Crippen LogP contribution in [-0.4, -0.2) is 55.4 Å². The molecule has 2 atom stereocenters. The standard InChI is InChI=1S/C24H24N4O5/c1-30-19-6-5-15(9-21(19)32-18-7-8-31-14-18)17-11-26-24(29)28(12-17)13-22-27-23-16(10-25)3-2-4-20(23)33-22/h2-6,9,17-18H,7-8,11-14H2,1H3,(H,26,29). The molecule has 1 N–H and O–H groups in total. The second kappa shape index (κ2) is 9.00. The van der Waals surface area contributed by atoms with Gasteiger partial charge in [0, 0.05) is 25.4 Å². The number of rotatable bonds is 6. The van der Waals surface area contributed by atoms with Crippen molar-refractivity contribution in [2.45, 2.75) is 25.0 Å². The van der Waals surface area contributed by atoms with Crippen molar-refractivity contribution in [3.63, 3.8) is 0 Å². The van der Waals surface area contributed by atoms with Gasteiger partial charge in [-0.05, 0) is 29.8 Å². The Balaban J connectivity index is 1.34. The second-order valence-electron chi connectivity index (χ2n) is 8.15. The Bertz CT molecular complexity index is 1210.